The third-order valence-electron chi connectivity index (χ3n) is 6.94. The molecule has 0 radical (unpaired) electrons. The molecule has 6 rings (SSSR count). The van der Waals surface area contributed by atoms with Crippen LogP contribution in [-0.2, 0) is 0 Å². The highest BCUT2D eigenvalue weighted by Crippen LogP contribution is 2.43. The lowest BCUT2D eigenvalue weighted by molar-refractivity contribution is 0.199. The van der Waals surface area contributed by atoms with Gasteiger partial charge in [-0.15, -0.1) is 0 Å². The van der Waals surface area contributed by atoms with Gasteiger partial charge in [0.05, 0.1) is 24.3 Å². The number of halogens is 1. The molecule has 1 spiro atoms. The lowest BCUT2D eigenvalue weighted by Gasteiger charge is -2.39. The van der Waals surface area contributed by atoms with Crippen molar-refractivity contribution in [3.05, 3.63) is 47.9 Å². The average molecular weight is 417 g/mol. The van der Waals surface area contributed by atoms with E-state index in [4.69, 9.17) is 9.72 Å². The van der Waals surface area contributed by atoms with Crippen LogP contribution in [0.5, 0.6) is 5.75 Å². The van der Waals surface area contributed by atoms with E-state index in [-0.39, 0.29) is 11.2 Å². The fourth-order valence-electron chi connectivity index (χ4n) is 5.13. The highest BCUT2D eigenvalue weighted by Gasteiger charge is 2.44. The molecule has 2 fully saturated rings. The predicted octanol–water partition coefficient (Wildman–Crippen LogP) is 4.03. The highest BCUT2D eigenvalue weighted by molar-refractivity contribution is 6.06. The summed E-state index contributed by atoms with van der Waals surface area (Å²) in [4.78, 5) is 6.91. The minimum absolute atomic E-state index is 0.248. The van der Waals surface area contributed by atoms with E-state index in [1.807, 2.05) is 37.3 Å². The Bertz CT molecular complexity index is 1330. The molecule has 4 heterocycles. The van der Waals surface area contributed by atoms with Crippen molar-refractivity contribution in [3.63, 3.8) is 0 Å². The van der Waals surface area contributed by atoms with Crippen LogP contribution in [0.1, 0.15) is 12.0 Å². The van der Waals surface area contributed by atoms with Gasteiger partial charge in [-0.25, -0.2) is 9.37 Å². The smallest absolute Gasteiger partial charge is 0.174 e. The van der Waals surface area contributed by atoms with Crippen molar-refractivity contribution in [3.8, 4) is 16.9 Å². The standard InChI is InChI=1S/C24H24FN5O/c1-14-3-6-18-17(10-27-29-18)20(14)21-16-5-4-15(31-2)9-19(16)28-23(22(21)25)30-8-7-24(13-30)11-26-12-24/h3-6,9-10,26H,7-8,11-13H2,1-2H3,(H,27,29). The second-order valence-electron chi connectivity index (χ2n) is 8.87. The Hall–Kier alpha value is -3.19. The maximum Gasteiger partial charge on any atom is 0.174 e. The summed E-state index contributed by atoms with van der Waals surface area (Å²) in [6.45, 7) is 5.64. The van der Waals surface area contributed by atoms with Crippen LogP contribution >= 0.6 is 0 Å². The van der Waals surface area contributed by atoms with Gasteiger partial charge in [0.15, 0.2) is 11.6 Å². The van der Waals surface area contributed by atoms with Gasteiger partial charge in [0.1, 0.15) is 5.75 Å². The number of nitrogens with one attached hydrogen (secondary N) is 2. The number of methoxy groups -OCH3 is 1. The second-order valence-corrected chi connectivity index (χ2v) is 8.87. The highest BCUT2D eigenvalue weighted by atomic mass is 19.1. The molecule has 158 valence electrons. The normalized spacial score (nSPS) is 17.6. The largest absolute Gasteiger partial charge is 0.497 e. The van der Waals surface area contributed by atoms with Crippen molar-refractivity contribution < 1.29 is 9.13 Å². The topological polar surface area (TPSA) is 66.1 Å². The van der Waals surface area contributed by atoms with E-state index in [1.165, 1.54) is 0 Å². The van der Waals surface area contributed by atoms with E-state index in [0.29, 0.717) is 17.1 Å². The summed E-state index contributed by atoms with van der Waals surface area (Å²) < 4.78 is 21.8. The lowest BCUT2D eigenvalue weighted by atomic mass is 9.81. The van der Waals surface area contributed by atoms with Gasteiger partial charge in [0, 0.05) is 54.0 Å². The zero-order chi connectivity index (χ0) is 21.2. The summed E-state index contributed by atoms with van der Waals surface area (Å²) in [5, 5.41) is 12.3. The molecule has 2 N–H and O–H groups in total. The molecule has 2 aliphatic heterocycles. The minimum Gasteiger partial charge on any atom is -0.497 e. The van der Waals surface area contributed by atoms with Gasteiger partial charge < -0.3 is 15.0 Å². The number of aromatic amines is 1. The number of hydrogen-bond donors (Lipinski definition) is 2. The number of benzene rings is 2. The van der Waals surface area contributed by atoms with E-state index in [1.54, 1.807) is 13.3 Å². The summed E-state index contributed by atoms with van der Waals surface area (Å²) >= 11 is 0. The molecular weight excluding hydrogens is 393 g/mol. The maximum absolute atomic E-state index is 16.3. The zero-order valence-corrected chi connectivity index (χ0v) is 17.6. The van der Waals surface area contributed by atoms with Crippen molar-refractivity contribution in [1.29, 1.82) is 0 Å². The van der Waals surface area contributed by atoms with E-state index in [2.05, 4.69) is 20.4 Å². The average Bonchev–Trinajstić information content (AvgIpc) is 3.41. The van der Waals surface area contributed by atoms with E-state index in [9.17, 15) is 0 Å². The molecule has 0 saturated carbocycles. The predicted molar refractivity (Wildman–Crippen MR) is 120 cm³/mol. The quantitative estimate of drug-likeness (QED) is 0.527. The van der Waals surface area contributed by atoms with Crippen LogP contribution in [0.15, 0.2) is 36.5 Å². The first-order valence-corrected chi connectivity index (χ1v) is 10.6. The summed E-state index contributed by atoms with van der Waals surface area (Å²) in [6, 6.07) is 9.66. The molecule has 2 aromatic carbocycles. The molecule has 31 heavy (non-hydrogen) atoms. The molecule has 0 bridgehead atoms. The summed E-state index contributed by atoms with van der Waals surface area (Å²) in [5.74, 6) is 0.876. The number of nitrogens with zero attached hydrogens (tertiary/aromatic N) is 3. The molecule has 0 aliphatic carbocycles. The van der Waals surface area contributed by atoms with Crippen LogP contribution < -0.4 is 15.0 Å². The van der Waals surface area contributed by atoms with Crippen LogP contribution in [0, 0.1) is 18.2 Å². The Kier molecular flexibility index (Phi) is 3.99. The number of anilines is 1. The number of H-pyrrole nitrogens is 1. The number of ether oxygens (including phenoxy) is 1. The van der Waals surface area contributed by atoms with Crippen molar-refractivity contribution in [1.82, 2.24) is 20.5 Å². The second kappa shape index (κ2) is 6.65. The third-order valence-corrected chi connectivity index (χ3v) is 6.94. The first kappa shape index (κ1) is 18.6. The van der Waals surface area contributed by atoms with Crippen molar-refractivity contribution in [2.45, 2.75) is 13.3 Å². The van der Waals surface area contributed by atoms with Gasteiger partial charge >= 0.3 is 0 Å². The van der Waals surface area contributed by atoms with Gasteiger partial charge in [0.25, 0.3) is 0 Å². The molecule has 0 unspecified atom stereocenters. The van der Waals surface area contributed by atoms with Crippen LogP contribution in [-0.4, -0.2) is 48.5 Å². The molecule has 6 nitrogen and oxygen atoms in total. The van der Waals surface area contributed by atoms with Crippen molar-refractivity contribution >= 4 is 27.6 Å². The van der Waals surface area contributed by atoms with Gasteiger partial charge in [-0.05, 0) is 42.7 Å². The fraction of sp³-hybridized carbons (Fsp3) is 0.333. The van der Waals surface area contributed by atoms with Crippen LogP contribution in [0.2, 0.25) is 0 Å². The van der Waals surface area contributed by atoms with E-state index >= 15 is 4.39 Å². The molecule has 0 amide bonds. The van der Waals surface area contributed by atoms with Gasteiger partial charge in [0.2, 0.25) is 0 Å². The molecule has 2 saturated heterocycles. The number of hydrogen-bond acceptors (Lipinski definition) is 5. The SMILES string of the molecule is COc1ccc2c(-c3c(C)ccc4[nH]ncc34)c(F)c(N3CCC4(CNC4)C3)nc2c1. The minimum atomic E-state index is -0.265. The Morgan fingerprint density at radius 1 is 1.13 bits per heavy atom. The number of rotatable bonds is 3. The number of aromatic nitrogens is 3. The zero-order valence-electron chi connectivity index (χ0n) is 17.6. The Labute approximate surface area is 179 Å². The Balaban J connectivity index is 1.63. The summed E-state index contributed by atoms with van der Waals surface area (Å²) in [6.07, 6.45) is 2.83. The molecule has 7 heteroatoms. The van der Waals surface area contributed by atoms with Crippen molar-refractivity contribution in [2.24, 2.45) is 5.41 Å². The molecule has 2 aromatic heterocycles. The van der Waals surface area contributed by atoms with Gasteiger partial charge in [-0.3, -0.25) is 5.10 Å². The molecule has 2 aliphatic rings. The Morgan fingerprint density at radius 2 is 2.00 bits per heavy atom. The van der Waals surface area contributed by atoms with Crippen LogP contribution in [0.25, 0.3) is 32.9 Å². The van der Waals surface area contributed by atoms with Gasteiger partial charge in [-0.1, -0.05) is 6.07 Å². The molecule has 0 atom stereocenters. The monoisotopic (exact) mass is 417 g/mol. The van der Waals surface area contributed by atoms with Crippen molar-refractivity contribution in [2.75, 3.05) is 38.2 Å². The third kappa shape index (κ3) is 2.73. The molecule has 4 aromatic rings. The molecular formula is C24H24FN5O. The van der Waals surface area contributed by atoms with E-state index in [0.717, 1.165) is 65.5 Å². The van der Waals surface area contributed by atoms with Crippen LogP contribution in [0.3, 0.4) is 0 Å². The van der Waals surface area contributed by atoms with Gasteiger partial charge in [-0.2, -0.15) is 5.10 Å². The number of pyridine rings is 1. The Morgan fingerprint density at radius 3 is 2.74 bits per heavy atom. The fourth-order valence-corrected chi connectivity index (χ4v) is 5.13. The first-order valence-electron chi connectivity index (χ1n) is 10.6. The summed E-state index contributed by atoms with van der Waals surface area (Å²) in [7, 11) is 1.64. The number of aryl methyl sites for hydroxylation is 1. The van der Waals surface area contributed by atoms with Crippen LogP contribution in [0.4, 0.5) is 10.2 Å². The summed E-state index contributed by atoms with van der Waals surface area (Å²) in [5.41, 5.74) is 4.32. The lowest BCUT2D eigenvalue weighted by Crippen LogP contribution is -2.54. The van der Waals surface area contributed by atoms with E-state index < -0.39 is 0 Å². The number of fused-ring (bicyclic) bond motifs is 2. The first-order chi connectivity index (χ1) is 15.1. The maximum atomic E-state index is 16.3.